The van der Waals surface area contributed by atoms with Crippen molar-refractivity contribution in [3.8, 4) is 0 Å². The van der Waals surface area contributed by atoms with Crippen molar-refractivity contribution in [1.82, 2.24) is 9.88 Å². The van der Waals surface area contributed by atoms with Gasteiger partial charge in [0.15, 0.2) is 9.84 Å². The first kappa shape index (κ1) is 22.0. The molecule has 0 radical (unpaired) electrons. The number of amides is 1. The highest BCUT2D eigenvalue weighted by Crippen LogP contribution is 2.29. The number of hydrogen-bond donors (Lipinski definition) is 1. The Kier molecular flexibility index (Phi) is 6.24. The maximum atomic E-state index is 12.8. The average Bonchev–Trinajstić information content (AvgIpc) is 2.57. The highest BCUT2D eigenvalue weighted by atomic mass is 35.5. The van der Waals surface area contributed by atoms with Gasteiger partial charge in [-0.3, -0.25) is 9.59 Å². The van der Waals surface area contributed by atoms with Crippen molar-refractivity contribution in [1.29, 1.82) is 0 Å². The second kappa shape index (κ2) is 7.96. The van der Waals surface area contributed by atoms with Gasteiger partial charge < -0.3 is 9.88 Å². The Labute approximate surface area is 163 Å². The van der Waals surface area contributed by atoms with E-state index in [0.717, 1.165) is 6.26 Å². The summed E-state index contributed by atoms with van der Waals surface area (Å²) >= 11 is 5.55. The predicted molar refractivity (Wildman–Crippen MR) is 96.8 cm³/mol. The van der Waals surface area contributed by atoms with E-state index in [-0.39, 0.29) is 4.90 Å². The van der Waals surface area contributed by atoms with Crippen molar-refractivity contribution in [3.05, 3.63) is 63.0 Å². The molecule has 0 aliphatic heterocycles. The van der Waals surface area contributed by atoms with Crippen LogP contribution in [0.1, 0.15) is 24.1 Å². The summed E-state index contributed by atoms with van der Waals surface area (Å²) in [6.45, 7) is 0.948. The minimum Gasteiger partial charge on any atom is -0.348 e. The zero-order valence-electron chi connectivity index (χ0n) is 14.7. The molecule has 1 atom stereocenters. The molecule has 0 fully saturated rings. The number of sulfone groups is 1. The van der Waals surface area contributed by atoms with Crippen molar-refractivity contribution in [2.75, 3.05) is 6.26 Å². The first-order valence-corrected chi connectivity index (χ1v) is 10.1. The predicted octanol–water partition coefficient (Wildman–Crippen LogP) is 2.80. The topological polar surface area (TPSA) is 85.2 Å². The van der Waals surface area contributed by atoms with Crippen molar-refractivity contribution in [2.24, 2.45) is 0 Å². The molecule has 28 heavy (non-hydrogen) atoms. The van der Waals surface area contributed by atoms with Gasteiger partial charge in [-0.2, -0.15) is 13.2 Å². The van der Waals surface area contributed by atoms with E-state index >= 15 is 0 Å². The Hall–Kier alpha value is -2.33. The van der Waals surface area contributed by atoms with Crippen molar-refractivity contribution in [3.63, 3.8) is 0 Å². The third-order valence-electron chi connectivity index (χ3n) is 3.87. The molecule has 152 valence electrons. The maximum absolute atomic E-state index is 12.8. The van der Waals surface area contributed by atoms with Gasteiger partial charge in [0, 0.05) is 12.5 Å². The standard InChI is InChI=1S/C17H16ClF3N2O4S/c1-10(11-3-5-13(6-4-11)28(2,26)27)22-15(24)9-23-8-12(17(19,20)21)7-14(18)16(23)25/h3-8,10H,9H2,1-2H3,(H,22,24). The summed E-state index contributed by atoms with van der Waals surface area (Å²) in [6, 6.07) is 5.71. The summed E-state index contributed by atoms with van der Waals surface area (Å²) in [5, 5.41) is 1.89. The molecule has 1 aromatic carbocycles. The number of alkyl halides is 3. The number of rotatable bonds is 5. The van der Waals surface area contributed by atoms with Crippen LogP contribution in [0.4, 0.5) is 13.2 Å². The molecule has 0 bridgehead atoms. The van der Waals surface area contributed by atoms with Crippen molar-refractivity contribution >= 4 is 27.3 Å². The lowest BCUT2D eigenvalue weighted by Gasteiger charge is -2.16. The van der Waals surface area contributed by atoms with Gasteiger partial charge in [-0.25, -0.2) is 8.42 Å². The molecule has 1 heterocycles. The number of hydrogen-bond acceptors (Lipinski definition) is 4. The Morgan fingerprint density at radius 1 is 1.25 bits per heavy atom. The molecule has 0 saturated carbocycles. The van der Waals surface area contributed by atoms with E-state index in [1.54, 1.807) is 6.92 Å². The maximum Gasteiger partial charge on any atom is 0.417 e. The SMILES string of the molecule is CC(NC(=O)Cn1cc(C(F)(F)F)cc(Cl)c1=O)c1ccc(S(C)(=O)=O)cc1. The molecule has 6 nitrogen and oxygen atoms in total. The van der Waals surface area contributed by atoms with E-state index in [9.17, 15) is 31.2 Å². The molecule has 0 aliphatic rings. The quantitative estimate of drug-likeness (QED) is 0.781. The number of halogens is 4. The van der Waals surface area contributed by atoms with Crippen LogP contribution < -0.4 is 10.9 Å². The summed E-state index contributed by atoms with van der Waals surface area (Å²) in [7, 11) is -3.36. The van der Waals surface area contributed by atoms with Crippen LogP contribution in [0.2, 0.25) is 5.02 Å². The molecule has 11 heteroatoms. The summed E-state index contributed by atoms with van der Waals surface area (Å²) < 4.78 is 62.0. The summed E-state index contributed by atoms with van der Waals surface area (Å²) in [6.07, 6.45) is -3.13. The van der Waals surface area contributed by atoms with Gasteiger partial charge in [-0.05, 0) is 30.7 Å². The van der Waals surface area contributed by atoms with Crippen molar-refractivity contribution < 1.29 is 26.4 Å². The molecule has 0 saturated heterocycles. The minimum atomic E-state index is -4.72. The second-order valence-corrected chi connectivity index (χ2v) is 8.56. The lowest BCUT2D eigenvalue weighted by Crippen LogP contribution is -2.34. The number of nitrogens with one attached hydrogen (secondary N) is 1. The van der Waals surface area contributed by atoms with Crippen LogP contribution in [0.25, 0.3) is 0 Å². The average molecular weight is 437 g/mol. The third kappa shape index (κ3) is 5.35. The third-order valence-corrected chi connectivity index (χ3v) is 5.27. The largest absolute Gasteiger partial charge is 0.417 e. The zero-order chi connectivity index (χ0) is 21.3. The smallest absolute Gasteiger partial charge is 0.348 e. The molecule has 2 rings (SSSR count). The van der Waals surface area contributed by atoms with Crippen LogP contribution in [0, 0.1) is 0 Å². The number of nitrogens with zero attached hydrogens (tertiary/aromatic N) is 1. The minimum absolute atomic E-state index is 0.111. The van der Waals surface area contributed by atoms with Gasteiger partial charge in [0.25, 0.3) is 5.56 Å². The Morgan fingerprint density at radius 2 is 1.82 bits per heavy atom. The van der Waals surface area contributed by atoms with E-state index in [1.807, 2.05) is 0 Å². The van der Waals surface area contributed by atoms with Gasteiger partial charge in [-0.1, -0.05) is 23.7 Å². The van der Waals surface area contributed by atoms with Crippen LogP contribution in [0.5, 0.6) is 0 Å². The highest BCUT2D eigenvalue weighted by Gasteiger charge is 2.32. The fourth-order valence-corrected chi connectivity index (χ4v) is 3.26. The first-order chi connectivity index (χ1) is 12.8. The zero-order valence-corrected chi connectivity index (χ0v) is 16.3. The summed E-state index contributed by atoms with van der Waals surface area (Å²) in [4.78, 5) is 24.2. The molecule has 1 N–H and O–H groups in total. The van der Waals surface area contributed by atoms with E-state index in [2.05, 4.69) is 5.32 Å². The Bertz CT molecular complexity index is 1050. The van der Waals surface area contributed by atoms with E-state index in [0.29, 0.717) is 22.4 Å². The fraction of sp³-hybridized carbons (Fsp3) is 0.294. The first-order valence-electron chi connectivity index (χ1n) is 7.85. The van der Waals surface area contributed by atoms with E-state index < -0.39 is 50.7 Å². The van der Waals surface area contributed by atoms with Crippen LogP contribution >= 0.6 is 11.6 Å². The van der Waals surface area contributed by atoms with Gasteiger partial charge in [0.1, 0.15) is 11.6 Å². The number of pyridine rings is 1. The normalized spacial score (nSPS) is 13.2. The number of benzene rings is 1. The molecular formula is C17H16ClF3N2O4S. The van der Waals surface area contributed by atoms with Gasteiger partial charge in [0.2, 0.25) is 5.91 Å². The van der Waals surface area contributed by atoms with Gasteiger partial charge in [-0.15, -0.1) is 0 Å². The van der Waals surface area contributed by atoms with Gasteiger partial charge >= 0.3 is 6.18 Å². The second-order valence-electron chi connectivity index (χ2n) is 6.14. The fourth-order valence-electron chi connectivity index (χ4n) is 2.40. The summed E-state index contributed by atoms with van der Waals surface area (Å²) in [5.74, 6) is -0.711. The number of carbonyl (C=O) groups is 1. The Morgan fingerprint density at radius 3 is 2.32 bits per heavy atom. The van der Waals surface area contributed by atoms with Crippen LogP contribution in [0.15, 0.2) is 46.2 Å². The summed E-state index contributed by atoms with van der Waals surface area (Å²) in [5.41, 5.74) is -1.49. The monoisotopic (exact) mass is 436 g/mol. The molecule has 2 aromatic rings. The number of aromatic nitrogens is 1. The van der Waals surface area contributed by atoms with Gasteiger partial charge in [0.05, 0.1) is 16.5 Å². The molecule has 1 unspecified atom stereocenters. The molecule has 0 aliphatic carbocycles. The molecular weight excluding hydrogens is 421 g/mol. The number of carbonyl (C=O) groups excluding carboxylic acids is 1. The molecule has 1 amide bonds. The lowest BCUT2D eigenvalue weighted by molar-refractivity contribution is -0.138. The van der Waals surface area contributed by atoms with E-state index in [4.69, 9.17) is 11.6 Å². The van der Waals surface area contributed by atoms with Crippen LogP contribution in [-0.2, 0) is 27.4 Å². The lowest BCUT2D eigenvalue weighted by atomic mass is 10.1. The molecule has 0 spiro atoms. The van der Waals surface area contributed by atoms with Crippen LogP contribution in [-0.4, -0.2) is 25.1 Å². The van der Waals surface area contributed by atoms with E-state index in [1.165, 1.54) is 24.3 Å². The molecule has 1 aromatic heterocycles. The Balaban J connectivity index is 2.16. The van der Waals surface area contributed by atoms with Crippen molar-refractivity contribution in [2.45, 2.75) is 30.6 Å². The van der Waals surface area contributed by atoms with Crippen LogP contribution in [0.3, 0.4) is 0 Å². The highest BCUT2D eigenvalue weighted by molar-refractivity contribution is 7.90.